The number of ether oxygens (including phenoxy) is 3. The van der Waals surface area contributed by atoms with Crippen LogP contribution in [-0.4, -0.2) is 37.2 Å². The lowest BCUT2D eigenvalue weighted by molar-refractivity contribution is -0.167. The van der Waals surface area contributed by atoms with E-state index in [2.05, 4.69) is 142 Å². The van der Waals surface area contributed by atoms with Gasteiger partial charge >= 0.3 is 17.9 Å². The van der Waals surface area contributed by atoms with Gasteiger partial charge in [-0.3, -0.25) is 14.4 Å². The van der Waals surface area contributed by atoms with Gasteiger partial charge in [0.2, 0.25) is 0 Å². The molecule has 0 bridgehead atoms. The van der Waals surface area contributed by atoms with E-state index in [1.807, 2.05) is 0 Å². The van der Waals surface area contributed by atoms with Crippen molar-refractivity contribution in [2.45, 2.75) is 232 Å². The Labute approximate surface area is 412 Å². The molecule has 0 saturated heterocycles. The molecule has 6 nitrogen and oxygen atoms in total. The molecule has 0 radical (unpaired) electrons. The number of unbranched alkanes of at least 4 members (excludes halogenated alkanes) is 16. The van der Waals surface area contributed by atoms with Crippen molar-refractivity contribution in [3.63, 3.8) is 0 Å². The highest BCUT2D eigenvalue weighted by molar-refractivity contribution is 5.71. The molecule has 0 fully saturated rings. The Morgan fingerprint density at radius 2 is 0.582 bits per heavy atom. The molecule has 0 aromatic rings. The molecule has 0 aromatic carbocycles. The number of hydrogen-bond donors (Lipinski definition) is 0. The molecule has 378 valence electrons. The maximum Gasteiger partial charge on any atom is 0.306 e. The van der Waals surface area contributed by atoms with E-state index in [4.69, 9.17) is 14.2 Å². The van der Waals surface area contributed by atoms with Crippen molar-refractivity contribution in [1.82, 2.24) is 0 Å². The Hall–Kier alpha value is -4.19. The summed E-state index contributed by atoms with van der Waals surface area (Å²) in [5.74, 6) is -0.944. The van der Waals surface area contributed by atoms with Crippen molar-refractivity contribution in [3.8, 4) is 0 Å². The first-order valence-electron chi connectivity index (χ1n) is 27.0. The maximum absolute atomic E-state index is 12.8. The number of carbonyl (C=O) groups is 3. The predicted octanol–water partition coefficient (Wildman–Crippen LogP) is 18.1. The number of hydrogen-bond acceptors (Lipinski definition) is 6. The van der Waals surface area contributed by atoms with Gasteiger partial charge in [-0.1, -0.05) is 219 Å². The van der Waals surface area contributed by atoms with Crippen molar-refractivity contribution < 1.29 is 28.6 Å². The Kier molecular flexibility index (Phi) is 51.0. The Balaban J connectivity index is 4.23. The predicted molar refractivity (Wildman–Crippen MR) is 288 cm³/mol. The summed E-state index contributed by atoms with van der Waals surface area (Å²) >= 11 is 0. The summed E-state index contributed by atoms with van der Waals surface area (Å²) in [6, 6.07) is 0. The highest BCUT2D eigenvalue weighted by atomic mass is 16.6. The van der Waals surface area contributed by atoms with E-state index in [0.717, 1.165) is 161 Å². The molecule has 1 unspecified atom stereocenters. The van der Waals surface area contributed by atoms with Gasteiger partial charge < -0.3 is 14.2 Å². The van der Waals surface area contributed by atoms with Gasteiger partial charge in [0.1, 0.15) is 13.2 Å². The molecule has 0 heterocycles. The third kappa shape index (κ3) is 52.6. The second-order valence-corrected chi connectivity index (χ2v) is 17.4. The molecule has 6 heteroatoms. The van der Waals surface area contributed by atoms with Crippen molar-refractivity contribution in [1.29, 1.82) is 0 Å². The van der Waals surface area contributed by atoms with Gasteiger partial charge in [-0.05, 0) is 109 Å². The molecule has 0 aliphatic carbocycles. The van der Waals surface area contributed by atoms with E-state index in [-0.39, 0.29) is 31.1 Å². The van der Waals surface area contributed by atoms with Gasteiger partial charge in [-0.2, -0.15) is 0 Å². The average Bonchev–Trinajstić information content (AvgIpc) is 3.33. The fourth-order valence-electron chi connectivity index (χ4n) is 6.96. The van der Waals surface area contributed by atoms with Crippen LogP contribution in [0, 0.1) is 0 Å². The maximum atomic E-state index is 12.8. The van der Waals surface area contributed by atoms with Crippen LogP contribution in [0.5, 0.6) is 0 Å². The van der Waals surface area contributed by atoms with Crippen molar-refractivity contribution in [3.05, 3.63) is 122 Å². The second kappa shape index (κ2) is 54.4. The van der Waals surface area contributed by atoms with E-state index in [9.17, 15) is 14.4 Å². The van der Waals surface area contributed by atoms with Crippen LogP contribution < -0.4 is 0 Å². The minimum absolute atomic E-state index is 0.0936. The summed E-state index contributed by atoms with van der Waals surface area (Å²) < 4.78 is 16.7. The molecule has 0 N–H and O–H groups in total. The third-order valence-corrected chi connectivity index (χ3v) is 11.0. The first-order valence-corrected chi connectivity index (χ1v) is 27.0. The highest BCUT2D eigenvalue weighted by Crippen LogP contribution is 2.13. The van der Waals surface area contributed by atoms with Crippen LogP contribution in [0.15, 0.2) is 122 Å². The SMILES string of the molecule is CC/C=C\C/C=C\C/C=C\C/C=C\C/C=C\CCCCCCCCCC(=O)OCC(COC(=O)CCCCCCC)OC(=O)CCCCCCC/C=C\C/C=C\C/C=C\C/C=C\C/C=C\CC. The molecule has 0 aliphatic heterocycles. The number of allylic oxidation sites excluding steroid dienone is 20. The third-order valence-electron chi connectivity index (χ3n) is 11.0. The topological polar surface area (TPSA) is 78.9 Å². The number of carbonyl (C=O) groups excluding carboxylic acids is 3. The summed E-state index contributed by atoms with van der Waals surface area (Å²) in [6.45, 7) is 6.29. The van der Waals surface area contributed by atoms with E-state index in [0.29, 0.717) is 19.3 Å². The summed E-state index contributed by atoms with van der Waals surface area (Å²) in [6.07, 6.45) is 75.1. The quantitative estimate of drug-likeness (QED) is 0.0262. The minimum Gasteiger partial charge on any atom is -0.462 e. The Morgan fingerprint density at radius 1 is 0.313 bits per heavy atom. The number of rotatable bonds is 47. The molecule has 0 spiro atoms. The summed E-state index contributed by atoms with van der Waals surface area (Å²) in [7, 11) is 0. The van der Waals surface area contributed by atoms with Gasteiger partial charge in [0.05, 0.1) is 0 Å². The minimum atomic E-state index is -0.793. The lowest BCUT2D eigenvalue weighted by Crippen LogP contribution is -2.30. The zero-order valence-corrected chi connectivity index (χ0v) is 43.1. The normalized spacial score (nSPS) is 13.1. The first-order chi connectivity index (χ1) is 33.0. The van der Waals surface area contributed by atoms with Crippen LogP contribution in [0.2, 0.25) is 0 Å². The first kappa shape index (κ1) is 62.8. The van der Waals surface area contributed by atoms with Gasteiger partial charge in [0.15, 0.2) is 6.10 Å². The smallest absolute Gasteiger partial charge is 0.306 e. The van der Waals surface area contributed by atoms with Crippen molar-refractivity contribution in [2.24, 2.45) is 0 Å². The van der Waals surface area contributed by atoms with Gasteiger partial charge in [-0.15, -0.1) is 0 Å². The van der Waals surface area contributed by atoms with E-state index < -0.39 is 6.10 Å². The standard InChI is InChI=1S/C61H98O6/c1-4-7-10-13-15-17-19-21-23-25-27-29-30-32-33-35-37-39-41-43-45-48-51-54-60(63)66-57-58(56-65-59(62)53-50-47-12-9-6-3)67-61(64)55-52-49-46-44-42-40-38-36-34-31-28-26-24-22-20-18-16-14-11-8-5-2/h7-8,10-11,15-18,21-24,27-29,31-33,36,38,58H,4-6,9,12-14,19-20,25-26,30,34-35,37,39-57H2,1-3H3/b10-7-,11-8-,17-15-,18-16-,23-21-,24-22-,29-27-,31-28-,33-32-,38-36-. The molecule has 0 rings (SSSR count). The fraction of sp³-hybridized carbons (Fsp3) is 0.623. The van der Waals surface area contributed by atoms with Gasteiger partial charge in [0.25, 0.3) is 0 Å². The highest BCUT2D eigenvalue weighted by Gasteiger charge is 2.19. The van der Waals surface area contributed by atoms with E-state index in [1.54, 1.807) is 0 Å². The molecular weight excluding hydrogens is 829 g/mol. The van der Waals surface area contributed by atoms with Crippen LogP contribution >= 0.6 is 0 Å². The summed E-state index contributed by atoms with van der Waals surface area (Å²) in [4.78, 5) is 37.8. The molecule has 67 heavy (non-hydrogen) atoms. The van der Waals surface area contributed by atoms with Crippen molar-refractivity contribution in [2.75, 3.05) is 13.2 Å². The van der Waals surface area contributed by atoms with E-state index in [1.165, 1.54) is 25.7 Å². The molecule has 0 saturated carbocycles. The fourth-order valence-corrected chi connectivity index (χ4v) is 6.96. The zero-order chi connectivity index (χ0) is 48.6. The number of esters is 3. The van der Waals surface area contributed by atoms with Crippen LogP contribution in [0.25, 0.3) is 0 Å². The van der Waals surface area contributed by atoms with Crippen LogP contribution in [0.4, 0.5) is 0 Å². The Morgan fingerprint density at radius 3 is 0.910 bits per heavy atom. The van der Waals surface area contributed by atoms with Crippen LogP contribution in [-0.2, 0) is 28.6 Å². The van der Waals surface area contributed by atoms with Gasteiger partial charge in [-0.25, -0.2) is 0 Å². The van der Waals surface area contributed by atoms with Crippen LogP contribution in [0.3, 0.4) is 0 Å². The zero-order valence-electron chi connectivity index (χ0n) is 43.1. The lowest BCUT2D eigenvalue weighted by Gasteiger charge is -2.18. The monoisotopic (exact) mass is 927 g/mol. The molecule has 1 atom stereocenters. The molecule has 0 amide bonds. The second-order valence-electron chi connectivity index (χ2n) is 17.4. The molecule has 0 aromatic heterocycles. The Bertz CT molecular complexity index is 1440. The largest absolute Gasteiger partial charge is 0.462 e. The van der Waals surface area contributed by atoms with Gasteiger partial charge in [0, 0.05) is 19.3 Å². The van der Waals surface area contributed by atoms with E-state index >= 15 is 0 Å². The van der Waals surface area contributed by atoms with Crippen LogP contribution in [0.1, 0.15) is 226 Å². The van der Waals surface area contributed by atoms with Crippen molar-refractivity contribution >= 4 is 17.9 Å². The molecule has 0 aliphatic rings. The lowest BCUT2D eigenvalue weighted by atomic mass is 10.1. The molecular formula is C61H98O6. The summed E-state index contributed by atoms with van der Waals surface area (Å²) in [5.41, 5.74) is 0. The summed E-state index contributed by atoms with van der Waals surface area (Å²) in [5, 5.41) is 0. The average molecular weight is 927 g/mol.